The molecule has 0 saturated heterocycles. The molecule has 0 saturated carbocycles. The topological polar surface area (TPSA) is 64.9 Å². The molecule has 1 atom stereocenters. The standard InChI is InChI=1S/C13H15Cl2N3O/c1-8(7-16)2-3-12-17-13(18-19-12)9-4-10(14)6-11(15)5-9/h4-6,8H,2-3,7,16H2,1H3. The van der Waals surface area contributed by atoms with Crippen molar-refractivity contribution in [2.24, 2.45) is 11.7 Å². The van der Waals surface area contributed by atoms with Crippen LogP contribution in [0.5, 0.6) is 0 Å². The second kappa shape index (κ2) is 6.37. The lowest BCUT2D eigenvalue weighted by molar-refractivity contribution is 0.366. The molecule has 6 heteroatoms. The quantitative estimate of drug-likeness (QED) is 0.916. The van der Waals surface area contributed by atoms with Crippen molar-refractivity contribution in [3.63, 3.8) is 0 Å². The van der Waals surface area contributed by atoms with E-state index < -0.39 is 0 Å². The molecule has 1 heterocycles. The van der Waals surface area contributed by atoms with Crippen molar-refractivity contribution in [2.75, 3.05) is 6.54 Å². The maximum atomic E-state index is 5.94. The monoisotopic (exact) mass is 299 g/mol. The van der Waals surface area contributed by atoms with E-state index in [2.05, 4.69) is 17.1 Å². The van der Waals surface area contributed by atoms with Gasteiger partial charge in [0.2, 0.25) is 11.7 Å². The van der Waals surface area contributed by atoms with Gasteiger partial charge < -0.3 is 10.3 Å². The third kappa shape index (κ3) is 3.93. The molecular weight excluding hydrogens is 285 g/mol. The summed E-state index contributed by atoms with van der Waals surface area (Å²) >= 11 is 11.9. The summed E-state index contributed by atoms with van der Waals surface area (Å²) in [5.41, 5.74) is 6.32. The van der Waals surface area contributed by atoms with Crippen LogP contribution in [0.3, 0.4) is 0 Å². The molecule has 1 aromatic heterocycles. The summed E-state index contributed by atoms with van der Waals surface area (Å²) < 4.78 is 5.21. The fourth-order valence-electron chi connectivity index (χ4n) is 1.64. The average Bonchev–Trinajstić information content (AvgIpc) is 2.83. The summed E-state index contributed by atoms with van der Waals surface area (Å²) in [4.78, 5) is 4.33. The number of hydrogen-bond acceptors (Lipinski definition) is 4. The molecule has 4 nitrogen and oxygen atoms in total. The molecule has 0 fully saturated rings. The highest BCUT2D eigenvalue weighted by atomic mass is 35.5. The number of aryl methyl sites for hydroxylation is 1. The van der Waals surface area contributed by atoms with Gasteiger partial charge in [0.1, 0.15) is 0 Å². The molecule has 19 heavy (non-hydrogen) atoms. The van der Waals surface area contributed by atoms with Gasteiger partial charge in [-0.1, -0.05) is 35.3 Å². The van der Waals surface area contributed by atoms with Crippen molar-refractivity contribution in [1.82, 2.24) is 10.1 Å². The van der Waals surface area contributed by atoms with E-state index in [4.69, 9.17) is 33.5 Å². The second-order valence-electron chi connectivity index (χ2n) is 4.55. The lowest BCUT2D eigenvalue weighted by atomic mass is 10.1. The third-order valence-electron chi connectivity index (χ3n) is 2.84. The molecule has 2 rings (SSSR count). The Morgan fingerprint density at radius 3 is 2.58 bits per heavy atom. The number of rotatable bonds is 5. The predicted molar refractivity (Wildman–Crippen MR) is 76.3 cm³/mol. The molecular formula is C13H15Cl2N3O. The molecule has 0 radical (unpaired) electrons. The van der Waals surface area contributed by atoms with Gasteiger partial charge in [-0.2, -0.15) is 4.98 Å². The maximum Gasteiger partial charge on any atom is 0.226 e. The molecule has 0 aliphatic rings. The third-order valence-corrected chi connectivity index (χ3v) is 3.28. The van der Waals surface area contributed by atoms with Crippen molar-refractivity contribution in [2.45, 2.75) is 19.8 Å². The molecule has 0 aliphatic heterocycles. The minimum atomic E-state index is 0.441. The van der Waals surface area contributed by atoms with Crippen molar-refractivity contribution in [3.05, 3.63) is 34.1 Å². The van der Waals surface area contributed by atoms with Gasteiger partial charge in [-0.15, -0.1) is 0 Å². The van der Waals surface area contributed by atoms with Crippen LogP contribution in [-0.2, 0) is 6.42 Å². The van der Waals surface area contributed by atoms with Crippen LogP contribution < -0.4 is 5.73 Å². The van der Waals surface area contributed by atoms with E-state index in [0.29, 0.717) is 34.2 Å². The van der Waals surface area contributed by atoms with E-state index in [0.717, 1.165) is 18.4 Å². The van der Waals surface area contributed by atoms with Gasteiger partial charge in [0.05, 0.1) is 0 Å². The predicted octanol–water partition coefficient (Wildman–Crippen LogP) is 3.57. The molecule has 1 aromatic carbocycles. The van der Waals surface area contributed by atoms with Crippen LogP contribution >= 0.6 is 23.2 Å². The van der Waals surface area contributed by atoms with Crippen molar-refractivity contribution >= 4 is 23.2 Å². The first-order chi connectivity index (χ1) is 9.08. The number of aromatic nitrogens is 2. The lowest BCUT2D eigenvalue weighted by Crippen LogP contribution is -2.11. The Hall–Kier alpha value is -1.10. The van der Waals surface area contributed by atoms with Crippen LogP contribution in [0.4, 0.5) is 0 Å². The van der Waals surface area contributed by atoms with Crippen molar-refractivity contribution < 1.29 is 4.52 Å². The Labute approximate surface area is 121 Å². The van der Waals surface area contributed by atoms with Gasteiger partial charge in [0, 0.05) is 22.0 Å². The second-order valence-corrected chi connectivity index (χ2v) is 5.42. The summed E-state index contributed by atoms with van der Waals surface area (Å²) in [5, 5.41) is 5.03. The smallest absolute Gasteiger partial charge is 0.226 e. The van der Waals surface area contributed by atoms with Crippen molar-refractivity contribution in [1.29, 1.82) is 0 Å². The highest BCUT2D eigenvalue weighted by Gasteiger charge is 2.11. The fraction of sp³-hybridized carbons (Fsp3) is 0.385. The SMILES string of the molecule is CC(CN)CCc1nc(-c2cc(Cl)cc(Cl)c2)no1. The molecule has 0 bridgehead atoms. The molecule has 102 valence electrons. The zero-order chi connectivity index (χ0) is 13.8. The highest BCUT2D eigenvalue weighted by molar-refractivity contribution is 6.35. The summed E-state index contributed by atoms with van der Waals surface area (Å²) in [7, 11) is 0. The average molecular weight is 300 g/mol. The summed E-state index contributed by atoms with van der Waals surface area (Å²) in [6.07, 6.45) is 1.65. The lowest BCUT2D eigenvalue weighted by Gasteiger charge is -2.03. The molecule has 0 aliphatic carbocycles. The van der Waals surface area contributed by atoms with E-state index in [-0.39, 0.29) is 0 Å². The molecule has 2 N–H and O–H groups in total. The Kier molecular flexibility index (Phi) is 4.80. The van der Waals surface area contributed by atoms with Gasteiger partial charge in [-0.05, 0) is 37.1 Å². The van der Waals surface area contributed by atoms with E-state index in [1.54, 1.807) is 18.2 Å². The number of benzene rings is 1. The van der Waals surface area contributed by atoms with Crippen LogP contribution in [0, 0.1) is 5.92 Å². The summed E-state index contributed by atoms with van der Waals surface area (Å²) in [5.74, 6) is 1.54. The molecule has 0 spiro atoms. The number of halogens is 2. The van der Waals surface area contributed by atoms with Gasteiger partial charge in [0.15, 0.2) is 0 Å². The minimum Gasteiger partial charge on any atom is -0.339 e. The number of hydrogen-bond donors (Lipinski definition) is 1. The van der Waals surface area contributed by atoms with E-state index >= 15 is 0 Å². The molecule has 0 amide bonds. The Morgan fingerprint density at radius 1 is 1.26 bits per heavy atom. The normalized spacial score (nSPS) is 12.6. The van der Waals surface area contributed by atoms with Gasteiger partial charge in [0.25, 0.3) is 0 Å². The van der Waals surface area contributed by atoms with Gasteiger partial charge in [-0.25, -0.2) is 0 Å². The highest BCUT2D eigenvalue weighted by Crippen LogP contribution is 2.25. The van der Waals surface area contributed by atoms with Crippen LogP contribution in [-0.4, -0.2) is 16.7 Å². The first-order valence-electron chi connectivity index (χ1n) is 6.07. The zero-order valence-electron chi connectivity index (χ0n) is 10.6. The molecule has 1 unspecified atom stereocenters. The van der Waals surface area contributed by atoms with Crippen LogP contribution in [0.25, 0.3) is 11.4 Å². The maximum absolute atomic E-state index is 5.94. The van der Waals surface area contributed by atoms with Gasteiger partial charge >= 0.3 is 0 Å². The first-order valence-corrected chi connectivity index (χ1v) is 6.83. The van der Waals surface area contributed by atoms with E-state index in [1.165, 1.54) is 0 Å². The number of nitrogens with two attached hydrogens (primary N) is 1. The van der Waals surface area contributed by atoms with Crippen LogP contribution in [0.2, 0.25) is 10.0 Å². The van der Waals surface area contributed by atoms with Crippen LogP contribution in [0.1, 0.15) is 19.2 Å². The minimum absolute atomic E-state index is 0.441. The largest absolute Gasteiger partial charge is 0.339 e. The first kappa shape index (κ1) is 14.3. The Balaban J connectivity index is 2.12. The summed E-state index contributed by atoms with van der Waals surface area (Å²) in [6, 6.07) is 5.17. The van der Waals surface area contributed by atoms with Crippen molar-refractivity contribution in [3.8, 4) is 11.4 Å². The van der Waals surface area contributed by atoms with Crippen LogP contribution in [0.15, 0.2) is 22.7 Å². The molecule has 2 aromatic rings. The Bertz CT molecular complexity index is 536. The number of nitrogens with zero attached hydrogens (tertiary/aromatic N) is 2. The summed E-state index contributed by atoms with van der Waals surface area (Å²) in [6.45, 7) is 2.75. The van der Waals surface area contributed by atoms with Gasteiger partial charge in [-0.3, -0.25) is 0 Å². The van der Waals surface area contributed by atoms with E-state index in [1.807, 2.05) is 0 Å². The Morgan fingerprint density at radius 2 is 1.95 bits per heavy atom. The fourth-order valence-corrected chi connectivity index (χ4v) is 2.17. The zero-order valence-corrected chi connectivity index (χ0v) is 12.1. The van der Waals surface area contributed by atoms with E-state index in [9.17, 15) is 0 Å².